The van der Waals surface area contributed by atoms with Gasteiger partial charge in [0.2, 0.25) is 0 Å². The van der Waals surface area contributed by atoms with Crippen molar-refractivity contribution in [3.05, 3.63) is 36.9 Å². The summed E-state index contributed by atoms with van der Waals surface area (Å²) in [5.74, 6) is 0.734. The van der Waals surface area contributed by atoms with Gasteiger partial charge in [-0.25, -0.2) is 4.98 Å². The Bertz CT molecular complexity index is 252. The van der Waals surface area contributed by atoms with Crippen LogP contribution in [0, 0.1) is 0 Å². The molecule has 0 spiro atoms. The number of hydrazine groups is 1. The lowest BCUT2D eigenvalue weighted by molar-refractivity contribution is 0.218. The molecular formula is C7H7N3O. The number of hydrogen-bond acceptors (Lipinski definition) is 4. The van der Waals surface area contributed by atoms with Crippen molar-refractivity contribution in [1.29, 1.82) is 0 Å². The first-order valence-corrected chi connectivity index (χ1v) is 3.26. The lowest BCUT2D eigenvalue weighted by Crippen LogP contribution is -2.28. The van der Waals surface area contributed by atoms with Crippen molar-refractivity contribution in [2.24, 2.45) is 0 Å². The van der Waals surface area contributed by atoms with Crippen molar-refractivity contribution in [3.63, 3.8) is 0 Å². The van der Waals surface area contributed by atoms with Crippen LogP contribution in [0.15, 0.2) is 36.9 Å². The molecule has 4 nitrogen and oxygen atoms in total. The zero-order valence-electron chi connectivity index (χ0n) is 5.77. The third-order valence-corrected chi connectivity index (χ3v) is 1.28. The molecule has 0 saturated heterocycles. The maximum Gasteiger partial charge on any atom is 0.188 e. The van der Waals surface area contributed by atoms with Crippen molar-refractivity contribution in [2.75, 3.05) is 5.17 Å². The van der Waals surface area contributed by atoms with Gasteiger partial charge in [0.15, 0.2) is 5.82 Å². The highest BCUT2D eigenvalue weighted by atomic mass is 16.7. The van der Waals surface area contributed by atoms with E-state index in [9.17, 15) is 0 Å². The summed E-state index contributed by atoms with van der Waals surface area (Å²) in [6.07, 6.45) is 4.95. The van der Waals surface area contributed by atoms with E-state index in [0.717, 1.165) is 5.82 Å². The highest BCUT2D eigenvalue weighted by Gasteiger charge is 2.07. The van der Waals surface area contributed by atoms with Crippen LogP contribution < -0.4 is 10.6 Å². The Kier molecular flexibility index (Phi) is 1.37. The summed E-state index contributed by atoms with van der Waals surface area (Å²) < 4.78 is 0. The van der Waals surface area contributed by atoms with Crippen molar-refractivity contribution < 1.29 is 4.84 Å². The van der Waals surface area contributed by atoms with E-state index in [4.69, 9.17) is 4.84 Å². The maximum atomic E-state index is 5.02. The Hall–Kier alpha value is -1.71. The van der Waals surface area contributed by atoms with Crippen LogP contribution in [0.25, 0.3) is 0 Å². The van der Waals surface area contributed by atoms with Crippen molar-refractivity contribution >= 4 is 5.82 Å². The maximum absolute atomic E-state index is 5.02. The summed E-state index contributed by atoms with van der Waals surface area (Å²) in [7, 11) is 0. The lowest BCUT2D eigenvalue weighted by Gasteiger charge is -2.13. The zero-order chi connectivity index (χ0) is 7.52. The molecule has 2 heterocycles. The number of pyridine rings is 1. The number of nitrogens with zero attached hydrogens (tertiary/aromatic N) is 2. The minimum Gasteiger partial charge on any atom is -0.364 e. The molecule has 2 rings (SSSR count). The van der Waals surface area contributed by atoms with Gasteiger partial charge in [0, 0.05) is 6.20 Å². The minimum atomic E-state index is 0.734. The Balaban J connectivity index is 2.17. The molecule has 0 aliphatic carbocycles. The molecule has 0 atom stereocenters. The van der Waals surface area contributed by atoms with E-state index in [0.29, 0.717) is 0 Å². The van der Waals surface area contributed by atoms with Gasteiger partial charge >= 0.3 is 0 Å². The number of anilines is 1. The molecule has 0 bridgehead atoms. The monoisotopic (exact) mass is 149 g/mol. The molecule has 1 aliphatic heterocycles. The van der Waals surface area contributed by atoms with Gasteiger partial charge in [-0.3, -0.25) is 5.43 Å². The molecule has 0 saturated carbocycles. The lowest BCUT2D eigenvalue weighted by atomic mass is 10.5. The first-order chi connectivity index (χ1) is 5.47. The predicted octanol–water partition coefficient (Wildman–Crippen LogP) is 0.809. The van der Waals surface area contributed by atoms with E-state index >= 15 is 0 Å². The number of hydrogen-bond donors (Lipinski definition) is 1. The van der Waals surface area contributed by atoms with Crippen LogP contribution in [0.3, 0.4) is 0 Å². The fourth-order valence-corrected chi connectivity index (χ4v) is 0.814. The second-order valence-corrected chi connectivity index (χ2v) is 2.02. The molecule has 1 aliphatic rings. The summed E-state index contributed by atoms with van der Waals surface area (Å²) in [5.41, 5.74) is 2.84. The molecule has 0 amide bonds. The van der Waals surface area contributed by atoms with Gasteiger partial charge in [0.25, 0.3) is 0 Å². The zero-order valence-corrected chi connectivity index (χ0v) is 5.77. The van der Waals surface area contributed by atoms with Gasteiger partial charge in [-0.15, -0.1) is 0 Å². The summed E-state index contributed by atoms with van der Waals surface area (Å²) in [6, 6.07) is 5.60. The summed E-state index contributed by atoms with van der Waals surface area (Å²) in [5, 5.41) is 1.47. The van der Waals surface area contributed by atoms with Gasteiger partial charge in [-0.2, -0.15) is 0 Å². The van der Waals surface area contributed by atoms with Crippen LogP contribution in [-0.2, 0) is 4.84 Å². The molecule has 0 unspecified atom stereocenters. The standard InChI is InChI=1S/C7H7N3O/c1-2-4-8-7(3-1)10-9-5-6-11-10/h1-6,9H. The molecular weight excluding hydrogens is 142 g/mol. The van der Waals surface area contributed by atoms with E-state index in [1.165, 1.54) is 5.17 Å². The highest BCUT2D eigenvalue weighted by Crippen LogP contribution is 2.09. The van der Waals surface area contributed by atoms with Gasteiger partial charge in [-0.1, -0.05) is 11.2 Å². The predicted molar refractivity (Wildman–Crippen MR) is 40.1 cm³/mol. The smallest absolute Gasteiger partial charge is 0.188 e. The van der Waals surface area contributed by atoms with Gasteiger partial charge in [-0.05, 0) is 12.1 Å². The van der Waals surface area contributed by atoms with E-state index in [1.807, 2.05) is 18.2 Å². The van der Waals surface area contributed by atoms with E-state index in [1.54, 1.807) is 18.7 Å². The van der Waals surface area contributed by atoms with Gasteiger partial charge in [0.05, 0.1) is 6.20 Å². The topological polar surface area (TPSA) is 37.4 Å². The molecule has 0 fully saturated rings. The second-order valence-electron chi connectivity index (χ2n) is 2.02. The average molecular weight is 149 g/mol. The van der Waals surface area contributed by atoms with Gasteiger partial charge in [0.1, 0.15) is 6.26 Å². The summed E-state index contributed by atoms with van der Waals surface area (Å²) in [6.45, 7) is 0. The Morgan fingerprint density at radius 1 is 1.45 bits per heavy atom. The van der Waals surface area contributed by atoms with Crippen LogP contribution in [0.2, 0.25) is 0 Å². The first kappa shape index (κ1) is 6.03. The average Bonchev–Trinajstić information content (AvgIpc) is 2.58. The molecule has 1 N–H and O–H groups in total. The Morgan fingerprint density at radius 2 is 2.45 bits per heavy atom. The van der Waals surface area contributed by atoms with Crippen molar-refractivity contribution in [3.8, 4) is 0 Å². The molecule has 0 aromatic carbocycles. The van der Waals surface area contributed by atoms with Crippen molar-refractivity contribution in [2.45, 2.75) is 0 Å². The van der Waals surface area contributed by atoms with Crippen LogP contribution >= 0.6 is 0 Å². The van der Waals surface area contributed by atoms with Crippen LogP contribution in [-0.4, -0.2) is 4.98 Å². The SMILES string of the molecule is C1=CON(c2ccccn2)N1. The molecule has 1 aromatic heterocycles. The minimum absolute atomic E-state index is 0.734. The van der Waals surface area contributed by atoms with Crippen LogP contribution in [0.5, 0.6) is 0 Å². The number of rotatable bonds is 1. The fraction of sp³-hybridized carbons (Fsp3) is 0. The third kappa shape index (κ3) is 1.10. The molecule has 0 radical (unpaired) electrons. The molecule has 56 valence electrons. The van der Waals surface area contributed by atoms with E-state index in [2.05, 4.69) is 10.4 Å². The first-order valence-electron chi connectivity index (χ1n) is 3.26. The normalized spacial score (nSPS) is 14.4. The largest absolute Gasteiger partial charge is 0.364 e. The Labute approximate surface area is 64.0 Å². The molecule has 1 aromatic rings. The fourth-order valence-electron chi connectivity index (χ4n) is 0.814. The van der Waals surface area contributed by atoms with Crippen molar-refractivity contribution in [1.82, 2.24) is 10.4 Å². The summed E-state index contributed by atoms with van der Waals surface area (Å²) in [4.78, 5) is 9.08. The van der Waals surface area contributed by atoms with E-state index in [-0.39, 0.29) is 0 Å². The van der Waals surface area contributed by atoms with Gasteiger partial charge < -0.3 is 4.84 Å². The number of aromatic nitrogens is 1. The quantitative estimate of drug-likeness (QED) is 0.641. The van der Waals surface area contributed by atoms with E-state index < -0.39 is 0 Å². The molecule has 11 heavy (non-hydrogen) atoms. The van der Waals surface area contributed by atoms with Crippen LogP contribution in [0.1, 0.15) is 0 Å². The molecule has 4 heteroatoms. The third-order valence-electron chi connectivity index (χ3n) is 1.28. The number of nitrogens with one attached hydrogen (secondary N) is 1. The highest BCUT2D eigenvalue weighted by molar-refractivity contribution is 5.34. The Morgan fingerprint density at radius 3 is 3.09 bits per heavy atom. The summed E-state index contributed by atoms with van der Waals surface area (Å²) >= 11 is 0. The van der Waals surface area contributed by atoms with Crippen LogP contribution in [0.4, 0.5) is 5.82 Å². The second kappa shape index (κ2) is 2.49.